The molecule has 0 saturated heterocycles. The Kier molecular flexibility index (Phi) is 4.74. The molecule has 0 heterocycles. The number of nitrogens with zero attached hydrogens (tertiary/aromatic N) is 1. The first-order valence-electron chi connectivity index (χ1n) is 6.27. The zero-order valence-electron chi connectivity index (χ0n) is 11.3. The van der Waals surface area contributed by atoms with Crippen LogP contribution in [0.15, 0.2) is 0 Å². The van der Waals surface area contributed by atoms with Crippen molar-refractivity contribution in [3.8, 4) is 0 Å². The summed E-state index contributed by atoms with van der Waals surface area (Å²) in [7, 11) is 0. The minimum Gasteiger partial charge on any atom is -0.480 e. The third kappa shape index (κ3) is 5.15. The second kappa shape index (κ2) is 5.90. The third-order valence-corrected chi connectivity index (χ3v) is 3.14. The van der Waals surface area contributed by atoms with Gasteiger partial charge in [0.25, 0.3) is 0 Å². The summed E-state index contributed by atoms with van der Waals surface area (Å²) in [4.78, 5) is 35.0. The van der Waals surface area contributed by atoms with Crippen LogP contribution in [0.25, 0.3) is 0 Å². The Bertz CT molecular complexity index is 377. The lowest BCUT2D eigenvalue weighted by Crippen LogP contribution is -2.48. The molecule has 3 amide bonds. The molecule has 1 aliphatic rings. The highest BCUT2D eigenvalue weighted by atomic mass is 16.4. The molecular weight excluding hydrogens is 250 g/mol. The van der Waals surface area contributed by atoms with Crippen molar-refractivity contribution in [2.24, 2.45) is 17.1 Å². The van der Waals surface area contributed by atoms with Crippen LogP contribution in [-0.2, 0) is 9.59 Å². The van der Waals surface area contributed by atoms with Gasteiger partial charge in [-0.05, 0) is 32.6 Å². The van der Waals surface area contributed by atoms with Crippen LogP contribution in [0.2, 0.25) is 0 Å². The molecule has 0 unspecified atom stereocenters. The van der Waals surface area contributed by atoms with E-state index in [4.69, 9.17) is 10.8 Å². The number of amides is 3. The van der Waals surface area contributed by atoms with Gasteiger partial charge < -0.3 is 21.1 Å². The maximum Gasteiger partial charge on any atom is 0.323 e. The zero-order chi connectivity index (χ0) is 14.6. The molecule has 0 aliphatic heterocycles. The summed E-state index contributed by atoms with van der Waals surface area (Å²) in [6, 6.07) is -0.469. The fourth-order valence-corrected chi connectivity index (χ4v) is 1.49. The predicted molar refractivity (Wildman–Crippen MR) is 68.3 cm³/mol. The van der Waals surface area contributed by atoms with Gasteiger partial charge in [0.1, 0.15) is 6.54 Å². The normalized spacial score (nSPS) is 14.8. The van der Waals surface area contributed by atoms with Crippen molar-refractivity contribution in [2.45, 2.75) is 26.7 Å². The lowest BCUT2D eigenvalue weighted by atomic mass is 9.93. The van der Waals surface area contributed by atoms with Crippen LogP contribution in [-0.4, -0.2) is 47.5 Å². The molecule has 1 fully saturated rings. The van der Waals surface area contributed by atoms with Crippen molar-refractivity contribution < 1.29 is 19.5 Å². The summed E-state index contributed by atoms with van der Waals surface area (Å²) >= 11 is 0. The molecular formula is C12H21N3O4. The van der Waals surface area contributed by atoms with Gasteiger partial charge in [-0.25, -0.2) is 4.79 Å². The highest BCUT2D eigenvalue weighted by Gasteiger charge is 2.30. The van der Waals surface area contributed by atoms with E-state index in [0.717, 1.165) is 12.8 Å². The van der Waals surface area contributed by atoms with E-state index < -0.39 is 23.3 Å². The zero-order valence-corrected chi connectivity index (χ0v) is 11.3. The van der Waals surface area contributed by atoms with Crippen LogP contribution in [0, 0.1) is 11.3 Å². The van der Waals surface area contributed by atoms with E-state index in [9.17, 15) is 14.4 Å². The second-order valence-corrected chi connectivity index (χ2v) is 5.62. The summed E-state index contributed by atoms with van der Waals surface area (Å²) in [6.07, 6.45) is 2.05. The number of carbonyl (C=O) groups excluding carboxylic acids is 2. The molecule has 0 aromatic heterocycles. The number of rotatable bonds is 7. The number of carboxylic acids is 1. The Morgan fingerprint density at radius 2 is 1.95 bits per heavy atom. The van der Waals surface area contributed by atoms with Crippen LogP contribution in [0.5, 0.6) is 0 Å². The van der Waals surface area contributed by atoms with Gasteiger partial charge in [-0.15, -0.1) is 0 Å². The molecule has 4 N–H and O–H groups in total. The lowest BCUT2D eigenvalue weighted by Gasteiger charge is -2.25. The number of carbonyl (C=O) groups is 3. The molecule has 0 bridgehead atoms. The molecule has 0 aromatic rings. The molecule has 0 aromatic carbocycles. The standard InChI is InChI=1S/C12H21N3O4/c1-12(2,10(13)18)7-14-11(19)15(6-9(16)17)5-8-3-4-8/h8H,3-7H2,1-2H3,(H2,13,18)(H,14,19)(H,16,17). The minimum atomic E-state index is -1.05. The average Bonchev–Trinajstić information content (AvgIpc) is 3.08. The molecule has 1 rings (SSSR count). The van der Waals surface area contributed by atoms with Gasteiger partial charge in [0.15, 0.2) is 0 Å². The summed E-state index contributed by atoms with van der Waals surface area (Å²) in [5, 5.41) is 11.4. The van der Waals surface area contributed by atoms with Crippen molar-refractivity contribution in [3.05, 3.63) is 0 Å². The summed E-state index contributed by atoms with van der Waals surface area (Å²) in [5.41, 5.74) is 4.35. The summed E-state index contributed by atoms with van der Waals surface area (Å²) < 4.78 is 0. The SMILES string of the molecule is CC(C)(CNC(=O)N(CC(=O)O)CC1CC1)C(N)=O. The molecule has 108 valence electrons. The van der Waals surface area contributed by atoms with Gasteiger partial charge >= 0.3 is 12.0 Å². The van der Waals surface area contributed by atoms with E-state index in [-0.39, 0.29) is 13.1 Å². The van der Waals surface area contributed by atoms with Gasteiger partial charge in [0.05, 0.1) is 5.41 Å². The van der Waals surface area contributed by atoms with E-state index >= 15 is 0 Å². The monoisotopic (exact) mass is 271 g/mol. The predicted octanol–water partition coefficient (Wildman–Crippen LogP) is 0.00410. The molecule has 19 heavy (non-hydrogen) atoms. The van der Waals surface area contributed by atoms with Crippen LogP contribution in [0.4, 0.5) is 4.79 Å². The van der Waals surface area contributed by atoms with Gasteiger partial charge in [-0.1, -0.05) is 0 Å². The first-order chi connectivity index (χ1) is 8.72. The van der Waals surface area contributed by atoms with Crippen molar-refractivity contribution >= 4 is 17.9 Å². The van der Waals surface area contributed by atoms with E-state index in [1.807, 2.05) is 0 Å². The number of aliphatic carboxylic acids is 1. The number of carboxylic acid groups (broad SMARTS) is 1. The van der Waals surface area contributed by atoms with Gasteiger partial charge in [-0.3, -0.25) is 9.59 Å². The first-order valence-corrected chi connectivity index (χ1v) is 6.27. The molecule has 1 aliphatic carbocycles. The molecule has 7 nitrogen and oxygen atoms in total. The first kappa shape index (κ1) is 15.3. The van der Waals surface area contributed by atoms with Crippen molar-refractivity contribution in [2.75, 3.05) is 19.6 Å². The quantitative estimate of drug-likeness (QED) is 0.605. The Hall–Kier alpha value is -1.79. The summed E-state index contributed by atoms with van der Waals surface area (Å²) in [5.74, 6) is -1.17. The number of primary amides is 1. The smallest absolute Gasteiger partial charge is 0.323 e. The maximum absolute atomic E-state index is 11.9. The van der Waals surface area contributed by atoms with E-state index in [1.165, 1.54) is 4.90 Å². The number of hydrogen-bond acceptors (Lipinski definition) is 3. The topological polar surface area (TPSA) is 113 Å². The number of urea groups is 1. The number of nitrogens with two attached hydrogens (primary N) is 1. The highest BCUT2D eigenvalue weighted by molar-refractivity contribution is 5.83. The van der Waals surface area contributed by atoms with Crippen molar-refractivity contribution in [1.82, 2.24) is 10.2 Å². The third-order valence-electron chi connectivity index (χ3n) is 3.14. The van der Waals surface area contributed by atoms with Crippen LogP contribution in [0.3, 0.4) is 0 Å². The molecule has 0 spiro atoms. The fourth-order valence-electron chi connectivity index (χ4n) is 1.49. The lowest BCUT2D eigenvalue weighted by molar-refractivity contribution is -0.137. The van der Waals surface area contributed by atoms with Crippen LogP contribution < -0.4 is 11.1 Å². The minimum absolute atomic E-state index is 0.0853. The Morgan fingerprint density at radius 3 is 2.37 bits per heavy atom. The number of nitrogens with one attached hydrogen (secondary N) is 1. The number of hydrogen-bond donors (Lipinski definition) is 3. The van der Waals surface area contributed by atoms with Gasteiger partial charge in [0.2, 0.25) is 5.91 Å². The largest absolute Gasteiger partial charge is 0.480 e. The van der Waals surface area contributed by atoms with Gasteiger partial charge in [0, 0.05) is 13.1 Å². The van der Waals surface area contributed by atoms with Gasteiger partial charge in [-0.2, -0.15) is 0 Å². The Labute approximate surface area is 112 Å². The highest BCUT2D eigenvalue weighted by Crippen LogP contribution is 2.29. The maximum atomic E-state index is 11.9. The Balaban J connectivity index is 2.51. The second-order valence-electron chi connectivity index (χ2n) is 5.62. The fraction of sp³-hybridized carbons (Fsp3) is 0.750. The molecule has 0 atom stereocenters. The Morgan fingerprint density at radius 1 is 1.37 bits per heavy atom. The van der Waals surface area contributed by atoms with E-state index in [0.29, 0.717) is 12.5 Å². The van der Waals surface area contributed by atoms with Crippen molar-refractivity contribution in [3.63, 3.8) is 0 Å². The van der Waals surface area contributed by atoms with E-state index in [2.05, 4.69) is 5.32 Å². The van der Waals surface area contributed by atoms with Crippen molar-refractivity contribution in [1.29, 1.82) is 0 Å². The molecule has 1 saturated carbocycles. The van der Waals surface area contributed by atoms with E-state index in [1.54, 1.807) is 13.8 Å². The average molecular weight is 271 g/mol. The summed E-state index contributed by atoms with van der Waals surface area (Å²) in [6.45, 7) is 3.44. The van der Waals surface area contributed by atoms with Crippen LogP contribution in [0.1, 0.15) is 26.7 Å². The van der Waals surface area contributed by atoms with Crippen LogP contribution >= 0.6 is 0 Å². The molecule has 7 heteroatoms. The molecule has 0 radical (unpaired) electrons.